The molecule has 114 valence electrons. The van der Waals surface area contributed by atoms with Crippen LogP contribution >= 0.6 is 11.6 Å². The summed E-state index contributed by atoms with van der Waals surface area (Å²) in [5, 5.41) is 4.89. The van der Waals surface area contributed by atoms with Gasteiger partial charge in [-0.3, -0.25) is 4.98 Å². The van der Waals surface area contributed by atoms with E-state index in [4.69, 9.17) is 16.3 Å². The summed E-state index contributed by atoms with van der Waals surface area (Å²) in [6, 6.07) is 8.72. The van der Waals surface area contributed by atoms with Gasteiger partial charge in [0.05, 0.1) is 7.11 Å². The van der Waals surface area contributed by atoms with Gasteiger partial charge in [-0.15, -0.1) is 5.10 Å². The number of ether oxygens (including phenoxy) is 1. The van der Waals surface area contributed by atoms with Crippen molar-refractivity contribution in [3.8, 4) is 17.0 Å². The fraction of sp³-hybridized carbons (Fsp3) is 0.0625. The highest BCUT2D eigenvalue weighted by Gasteiger charge is 2.16. The molecule has 0 atom stereocenters. The van der Waals surface area contributed by atoms with E-state index < -0.39 is 0 Å². The predicted octanol–water partition coefficient (Wildman–Crippen LogP) is 3.75. The average molecular weight is 329 g/mol. The Balaban J connectivity index is 2.03. The molecule has 0 saturated heterocycles. The van der Waals surface area contributed by atoms with Crippen LogP contribution in [0.1, 0.15) is 0 Å². The van der Waals surface area contributed by atoms with Crippen LogP contribution in [0.2, 0.25) is 5.28 Å². The third-order valence-corrected chi connectivity index (χ3v) is 3.78. The van der Waals surface area contributed by atoms with Crippen molar-refractivity contribution in [3.05, 3.63) is 53.8 Å². The summed E-state index contributed by atoms with van der Waals surface area (Å²) in [5.41, 5.74) is 2.41. The summed E-state index contributed by atoms with van der Waals surface area (Å²) in [6.45, 7) is 0. The molecule has 23 heavy (non-hydrogen) atoms. The first-order chi connectivity index (χ1) is 11.2. The van der Waals surface area contributed by atoms with Gasteiger partial charge in [0.2, 0.25) is 11.2 Å². The maximum Gasteiger partial charge on any atom is 0.244 e. The third-order valence-electron chi connectivity index (χ3n) is 3.62. The van der Waals surface area contributed by atoms with Crippen LogP contribution in [0.3, 0.4) is 0 Å². The van der Waals surface area contributed by atoms with Gasteiger partial charge in [-0.1, -0.05) is 6.07 Å². The Kier molecular flexibility index (Phi) is 3.12. The first-order valence-electron chi connectivity index (χ1n) is 6.81. The molecular weight excluding hydrogens is 319 g/mol. The number of halogens is 2. The molecule has 3 aromatic heterocycles. The number of fused-ring (bicyclic) bond motifs is 2. The van der Waals surface area contributed by atoms with Gasteiger partial charge in [-0.05, 0) is 41.4 Å². The molecule has 0 spiro atoms. The molecule has 0 aliphatic carbocycles. The highest BCUT2D eigenvalue weighted by Crippen LogP contribution is 2.33. The van der Waals surface area contributed by atoms with Gasteiger partial charge in [0, 0.05) is 23.3 Å². The van der Waals surface area contributed by atoms with E-state index in [0.29, 0.717) is 22.5 Å². The quantitative estimate of drug-likeness (QED) is 0.562. The largest absolute Gasteiger partial charge is 0.479 e. The van der Waals surface area contributed by atoms with E-state index in [-0.39, 0.29) is 11.1 Å². The number of methoxy groups -OCH3 is 1. The fourth-order valence-corrected chi connectivity index (χ4v) is 2.80. The van der Waals surface area contributed by atoms with Crippen molar-refractivity contribution in [2.75, 3.05) is 7.11 Å². The lowest BCUT2D eigenvalue weighted by atomic mass is 10.0. The normalized spacial score (nSPS) is 11.3. The maximum absolute atomic E-state index is 14.3. The Hall–Kier alpha value is -2.73. The minimum Gasteiger partial charge on any atom is -0.479 e. The van der Waals surface area contributed by atoms with E-state index in [1.807, 2.05) is 18.2 Å². The number of nitrogens with zero attached hydrogens (tertiary/aromatic N) is 4. The Morgan fingerprint density at radius 2 is 2.13 bits per heavy atom. The van der Waals surface area contributed by atoms with Crippen molar-refractivity contribution in [2.45, 2.75) is 0 Å². The molecule has 0 N–H and O–H groups in total. The summed E-state index contributed by atoms with van der Waals surface area (Å²) in [6.07, 6.45) is 3.30. The average Bonchev–Trinajstić information content (AvgIpc) is 2.97. The lowest BCUT2D eigenvalue weighted by Crippen LogP contribution is -1.98. The van der Waals surface area contributed by atoms with Crippen molar-refractivity contribution >= 4 is 28.0 Å². The van der Waals surface area contributed by atoms with Gasteiger partial charge in [0.25, 0.3) is 0 Å². The molecule has 1 aromatic carbocycles. The van der Waals surface area contributed by atoms with Crippen LogP contribution in [0.5, 0.6) is 5.88 Å². The minimum absolute atomic E-state index is 0.0744. The Morgan fingerprint density at radius 3 is 2.96 bits per heavy atom. The molecule has 0 aliphatic heterocycles. The second kappa shape index (κ2) is 5.17. The zero-order chi connectivity index (χ0) is 16.0. The number of aromatic nitrogens is 4. The van der Waals surface area contributed by atoms with Crippen molar-refractivity contribution in [3.63, 3.8) is 0 Å². The van der Waals surface area contributed by atoms with E-state index >= 15 is 0 Å². The number of benzene rings is 1. The zero-order valence-electron chi connectivity index (χ0n) is 12.0. The van der Waals surface area contributed by atoms with E-state index in [2.05, 4.69) is 15.1 Å². The highest BCUT2D eigenvalue weighted by atomic mass is 35.5. The lowest BCUT2D eigenvalue weighted by Gasteiger charge is -2.07. The van der Waals surface area contributed by atoms with Gasteiger partial charge >= 0.3 is 0 Å². The van der Waals surface area contributed by atoms with Crippen LogP contribution in [0.15, 0.2) is 42.7 Å². The molecule has 5 nitrogen and oxygen atoms in total. The monoisotopic (exact) mass is 328 g/mol. The molecule has 7 heteroatoms. The van der Waals surface area contributed by atoms with Crippen LogP contribution in [-0.2, 0) is 0 Å². The van der Waals surface area contributed by atoms with Crippen molar-refractivity contribution < 1.29 is 9.13 Å². The van der Waals surface area contributed by atoms with Gasteiger partial charge in [0.1, 0.15) is 16.9 Å². The molecule has 0 amide bonds. The first-order valence-corrected chi connectivity index (χ1v) is 7.18. The molecule has 0 saturated carbocycles. The van der Waals surface area contributed by atoms with Crippen LogP contribution in [0.4, 0.5) is 4.39 Å². The minimum atomic E-state index is -0.383. The summed E-state index contributed by atoms with van der Waals surface area (Å²) in [7, 11) is 1.50. The molecule has 0 aliphatic rings. The SMILES string of the molecule is COc1nc(Cl)nn2ccc(-c3cc(F)c4ncccc4c3)c12. The predicted molar refractivity (Wildman–Crippen MR) is 85.2 cm³/mol. The molecule has 3 heterocycles. The second-order valence-corrected chi connectivity index (χ2v) is 5.28. The maximum atomic E-state index is 14.3. The topological polar surface area (TPSA) is 52.3 Å². The van der Waals surface area contributed by atoms with E-state index in [9.17, 15) is 4.39 Å². The molecule has 0 radical (unpaired) electrons. The van der Waals surface area contributed by atoms with E-state index in [0.717, 1.165) is 10.9 Å². The van der Waals surface area contributed by atoms with Crippen LogP contribution in [-0.4, -0.2) is 26.7 Å². The third kappa shape index (κ3) is 2.19. The molecule has 4 aromatic rings. The summed E-state index contributed by atoms with van der Waals surface area (Å²) in [4.78, 5) is 8.13. The lowest BCUT2D eigenvalue weighted by molar-refractivity contribution is 0.399. The van der Waals surface area contributed by atoms with Crippen molar-refractivity contribution in [1.82, 2.24) is 19.6 Å². The van der Waals surface area contributed by atoms with Gasteiger partial charge < -0.3 is 4.74 Å². The fourth-order valence-electron chi connectivity index (χ4n) is 2.65. The van der Waals surface area contributed by atoms with E-state index in [1.165, 1.54) is 13.2 Å². The number of hydrogen-bond donors (Lipinski definition) is 0. The summed E-state index contributed by atoms with van der Waals surface area (Å²) >= 11 is 5.87. The summed E-state index contributed by atoms with van der Waals surface area (Å²) in [5.74, 6) is -0.0528. The molecule has 0 unspecified atom stereocenters. The van der Waals surface area contributed by atoms with Crippen LogP contribution in [0, 0.1) is 5.82 Å². The van der Waals surface area contributed by atoms with Gasteiger partial charge in [-0.25, -0.2) is 8.91 Å². The first kappa shape index (κ1) is 13.9. The molecular formula is C16H10ClFN4O. The Bertz CT molecular complexity index is 1050. The van der Waals surface area contributed by atoms with E-state index in [1.54, 1.807) is 23.0 Å². The van der Waals surface area contributed by atoms with Crippen LogP contribution < -0.4 is 4.74 Å². The van der Waals surface area contributed by atoms with Crippen LogP contribution in [0.25, 0.3) is 27.5 Å². The zero-order valence-corrected chi connectivity index (χ0v) is 12.8. The van der Waals surface area contributed by atoms with Crippen molar-refractivity contribution in [2.24, 2.45) is 0 Å². The highest BCUT2D eigenvalue weighted by molar-refractivity contribution is 6.28. The number of pyridine rings is 1. The standard InChI is InChI=1S/C16H10ClFN4O/c1-23-15-14-11(4-6-22(14)21-16(17)20-15)10-7-9-3-2-5-19-13(9)12(18)8-10/h2-8H,1H3. The molecule has 4 rings (SSSR count). The number of hydrogen-bond acceptors (Lipinski definition) is 4. The van der Waals surface area contributed by atoms with Gasteiger partial charge in [0.15, 0.2) is 0 Å². The van der Waals surface area contributed by atoms with Crippen molar-refractivity contribution in [1.29, 1.82) is 0 Å². The Labute approximate surface area is 135 Å². The number of rotatable bonds is 2. The van der Waals surface area contributed by atoms with Gasteiger partial charge in [-0.2, -0.15) is 4.98 Å². The molecule has 0 bridgehead atoms. The molecule has 0 fully saturated rings. The second-order valence-electron chi connectivity index (χ2n) is 4.95. The smallest absolute Gasteiger partial charge is 0.244 e. The Morgan fingerprint density at radius 1 is 1.26 bits per heavy atom. The summed E-state index contributed by atoms with van der Waals surface area (Å²) < 4.78 is 21.2.